The van der Waals surface area contributed by atoms with E-state index in [1.165, 1.54) is 0 Å². The van der Waals surface area contributed by atoms with Gasteiger partial charge in [0.25, 0.3) is 0 Å². The molecule has 0 amide bonds. The van der Waals surface area contributed by atoms with Crippen molar-refractivity contribution in [3.63, 3.8) is 0 Å². The van der Waals surface area contributed by atoms with Gasteiger partial charge in [-0.2, -0.15) is 0 Å². The molecule has 4 rings (SSSR count). The van der Waals surface area contributed by atoms with Gasteiger partial charge in [0.1, 0.15) is 10.6 Å². The SMILES string of the molecule is Nc1nc(SCc2ccc3c(c2)OCO3)nc2sccc12. The number of thioether (sulfide) groups is 1. The summed E-state index contributed by atoms with van der Waals surface area (Å²) in [7, 11) is 0. The van der Waals surface area contributed by atoms with Gasteiger partial charge < -0.3 is 15.2 Å². The first-order chi connectivity index (χ1) is 10.3. The van der Waals surface area contributed by atoms with Gasteiger partial charge in [-0.25, -0.2) is 9.97 Å². The maximum absolute atomic E-state index is 5.95. The van der Waals surface area contributed by atoms with Gasteiger partial charge in [-0.05, 0) is 29.1 Å². The average molecular weight is 317 g/mol. The topological polar surface area (TPSA) is 70.3 Å². The molecular formula is C14H11N3O2S2. The predicted molar refractivity (Wildman–Crippen MR) is 84.0 cm³/mol. The third-order valence-corrected chi connectivity index (χ3v) is 4.86. The van der Waals surface area contributed by atoms with E-state index in [-0.39, 0.29) is 0 Å². The molecule has 2 aromatic heterocycles. The van der Waals surface area contributed by atoms with Crippen LogP contribution in [0, 0.1) is 0 Å². The van der Waals surface area contributed by atoms with Crippen molar-refractivity contribution in [3.8, 4) is 11.5 Å². The quantitative estimate of drug-likeness (QED) is 0.590. The lowest BCUT2D eigenvalue weighted by Gasteiger charge is -2.04. The monoisotopic (exact) mass is 317 g/mol. The Labute approximate surface area is 129 Å². The van der Waals surface area contributed by atoms with Crippen LogP contribution in [-0.4, -0.2) is 16.8 Å². The smallest absolute Gasteiger partial charge is 0.231 e. The zero-order valence-electron chi connectivity index (χ0n) is 10.9. The Balaban J connectivity index is 1.55. The second kappa shape index (κ2) is 5.09. The molecule has 1 aromatic carbocycles. The summed E-state index contributed by atoms with van der Waals surface area (Å²) in [5.41, 5.74) is 7.09. The summed E-state index contributed by atoms with van der Waals surface area (Å²) >= 11 is 3.13. The van der Waals surface area contributed by atoms with E-state index < -0.39 is 0 Å². The van der Waals surface area contributed by atoms with Crippen LogP contribution in [0.25, 0.3) is 10.2 Å². The zero-order chi connectivity index (χ0) is 14.2. The van der Waals surface area contributed by atoms with Crippen molar-refractivity contribution in [2.45, 2.75) is 10.9 Å². The summed E-state index contributed by atoms with van der Waals surface area (Å²) in [4.78, 5) is 9.79. The van der Waals surface area contributed by atoms with Crippen molar-refractivity contribution in [2.24, 2.45) is 0 Å². The normalized spacial score (nSPS) is 13.0. The Bertz CT molecular complexity index is 819. The van der Waals surface area contributed by atoms with Crippen LogP contribution in [0.15, 0.2) is 34.8 Å². The van der Waals surface area contributed by atoms with E-state index in [1.54, 1.807) is 23.1 Å². The molecule has 1 aliphatic rings. The maximum atomic E-state index is 5.95. The van der Waals surface area contributed by atoms with Crippen LogP contribution >= 0.6 is 23.1 Å². The lowest BCUT2D eigenvalue weighted by molar-refractivity contribution is 0.174. The van der Waals surface area contributed by atoms with Crippen LogP contribution in [0.1, 0.15) is 5.56 Å². The van der Waals surface area contributed by atoms with Gasteiger partial charge in [0.15, 0.2) is 16.7 Å². The van der Waals surface area contributed by atoms with Crippen molar-refractivity contribution in [1.29, 1.82) is 0 Å². The number of aromatic nitrogens is 2. The summed E-state index contributed by atoms with van der Waals surface area (Å²) in [6.07, 6.45) is 0. The highest BCUT2D eigenvalue weighted by molar-refractivity contribution is 7.98. The molecule has 106 valence electrons. The highest BCUT2D eigenvalue weighted by atomic mass is 32.2. The highest BCUT2D eigenvalue weighted by Gasteiger charge is 2.13. The second-order valence-corrected chi connectivity index (χ2v) is 6.34. The Morgan fingerprint density at radius 1 is 1.19 bits per heavy atom. The van der Waals surface area contributed by atoms with Gasteiger partial charge in [-0.15, -0.1) is 11.3 Å². The van der Waals surface area contributed by atoms with Crippen LogP contribution < -0.4 is 15.2 Å². The van der Waals surface area contributed by atoms with Crippen molar-refractivity contribution >= 4 is 39.1 Å². The van der Waals surface area contributed by atoms with E-state index in [1.807, 2.05) is 29.6 Å². The number of hydrogen-bond acceptors (Lipinski definition) is 7. The number of thiophene rings is 1. The number of ether oxygens (including phenoxy) is 2. The van der Waals surface area contributed by atoms with E-state index in [0.717, 1.165) is 33.0 Å². The van der Waals surface area contributed by atoms with E-state index in [9.17, 15) is 0 Å². The first kappa shape index (κ1) is 12.7. The van der Waals surface area contributed by atoms with Crippen LogP contribution in [0.2, 0.25) is 0 Å². The largest absolute Gasteiger partial charge is 0.454 e. The fourth-order valence-electron chi connectivity index (χ4n) is 2.10. The Morgan fingerprint density at radius 2 is 2.10 bits per heavy atom. The summed E-state index contributed by atoms with van der Waals surface area (Å²) < 4.78 is 10.7. The van der Waals surface area contributed by atoms with Gasteiger partial charge in [0, 0.05) is 5.75 Å². The molecule has 0 spiro atoms. The fourth-order valence-corrected chi connectivity index (χ4v) is 3.72. The van der Waals surface area contributed by atoms with Crippen molar-refractivity contribution in [3.05, 3.63) is 35.2 Å². The van der Waals surface area contributed by atoms with E-state index in [2.05, 4.69) is 9.97 Å². The lowest BCUT2D eigenvalue weighted by atomic mass is 10.2. The molecule has 0 saturated carbocycles. The molecule has 0 aliphatic carbocycles. The average Bonchev–Trinajstić information content (AvgIpc) is 3.13. The Hall–Kier alpha value is -1.99. The molecule has 0 fully saturated rings. The first-order valence-corrected chi connectivity index (χ1v) is 8.18. The minimum atomic E-state index is 0.292. The summed E-state index contributed by atoms with van der Waals surface area (Å²) in [5, 5.41) is 3.59. The molecule has 2 N–H and O–H groups in total. The van der Waals surface area contributed by atoms with Crippen LogP contribution in [-0.2, 0) is 5.75 Å². The van der Waals surface area contributed by atoms with Crippen LogP contribution in [0.5, 0.6) is 11.5 Å². The minimum Gasteiger partial charge on any atom is -0.454 e. The van der Waals surface area contributed by atoms with E-state index >= 15 is 0 Å². The molecule has 0 saturated heterocycles. The molecule has 7 heteroatoms. The number of nitrogens with two attached hydrogens (primary N) is 1. The number of nitrogen functional groups attached to an aromatic ring is 1. The second-order valence-electron chi connectivity index (χ2n) is 4.51. The molecule has 3 heterocycles. The lowest BCUT2D eigenvalue weighted by Crippen LogP contribution is -1.95. The predicted octanol–water partition coefficient (Wildman–Crippen LogP) is 3.29. The Morgan fingerprint density at radius 3 is 3.05 bits per heavy atom. The third kappa shape index (κ3) is 2.38. The molecule has 21 heavy (non-hydrogen) atoms. The molecular weight excluding hydrogens is 306 g/mol. The minimum absolute atomic E-state index is 0.292. The standard InChI is InChI=1S/C14H11N3O2S2/c15-12-9-3-4-20-13(9)17-14(16-12)21-6-8-1-2-10-11(5-8)19-7-18-10/h1-5H,6-7H2,(H2,15,16,17). The molecule has 0 unspecified atom stereocenters. The van der Waals surface area contributed by atoms with Crippen LogP contribution in [0.3, 0.4) is 0 Å². The van der Waals surface area contributed by atoms with Crippen molar-refractivity contribution in [2.75, 3.05) is 12.5 Å². The van der Waals surface area contributed by atoms with Gasteiger partial charge in [0.2, 0.25) is 6.79 Å². The highest BCUT2D eigenvalue weighted by Crippen LogP contribution is 2.34. The zero-order valence-corrected chi connectivity index (χ0v) is 12.5. The van der Waals surface area contributed by atoms with E-state index in [0.29, 0.717) is 17.8 Å². The number of benzene rings is 1. The fraction of sp³-hybridized carbons (Fsp3) is 0.143. The maximum Gasteiger partial charge on any atom is 0.231 e. The van der Waals surface area contributed by atoms with E-state index in [4.69, 9.17) is 15.2 Å². The van der Waals surface area contributed by atoms with Gasteiger partial charge >= 0.3 is 0 Å². The van der Waals surface area contributed by atoms with Crippen LogP contribution in [0.4, 0.5) is 5.82 Å². The first-order valence-electron chi connectivity index (χ1n) is 6.31. The molecule has 3 aromatic rings. The number of nitrogens with zero attached hydrogens (tertiary/aromatic N) is 2. The molecule has 5 nitrogen and oxygen atoms in total. The number of hydrogen-bond donors (Lipinski definition) is 1. The summed E-state index contributed by atoms with van der Waals surface area (Å²) in [6.45, 7) is 0.292. The molecule has 0 atom stereocenters. The van der Waals surface area contributed by atoms with Gasteiger partial charge in [0.05, 0.1) is 5.39 Å². The number of fused-ring (bicyclic) bond motifs is 2. The van der Waals surface area contributed by atoms with Crippen molar-refractivity contribution in [1.82, 2.24) is 9.97 Å². The number of anilines is 1. The third-order valence-electron chi connectivity index (χ3n) is 3.14. The van der Waals surface area contributed by atoms with Crippen molar-refractivity contribution < 1.29 is 9.47 Å². The Kier molecular flexibility index (Phi) is 3.08. The van der Waals surface area contributed by atoms with Gasteiger partial charge in [-0.3, -0.25) is 0 Å². The molecule has 0 bridgehead atoms. The molecule has 1 aliphatic heterocycles. The summed E-state index contributed by atoms with van der Waals surface area (Å²) in [6, 6.07) is 7.88. The van der Waals surface area contributed by atoms with Gasteiger partial charge in [-0.1, -0.05) is 17.8 Å². The summed E-state index contributed by atoms with van der Waals surface area (Å²) in [5.74, 6) is 2.88. The number of rotatable bonds is 3. The molecule has 0 radical (unpaired) electrons.